The molecule has 0 saturated carbocycles. The Morgan fingerprint density at radius 3 is 2.58 bits per heavy atom. The van der Waals surface area contributed by atoms with E-state index in [0.717, 1.165) is 23.0 Å². The standard InChI is InChI=1S/C25H27ClN4O2S/c1-16(2)13-30-24(17(3)32-23-12-8-6-10-20(23)26)27-28-25(30)33-15-22(31)19-14-29(4)21-11-7-5-9-18(19)21/h5-12,14,16-17H,13,15H2,1-4H3. The Bertz CT molecular complexity index is 1280. The number of nitrogens with zero attached hydrogens (tertiary/aromatic N) is 4. The average Bonchev–Trinajstić information content (AvgIpc) is 3.34. The first-order valence-electron chi connectivity index (χ1n) is 10.9. The number of halogens is 1. The van der Waals surface area contributed by atoms with E-state index in [9.17, 15) is 4.79 Å². The molecule has 0 aliphatic rings. The molecule has 0 fully saturated rings. The lowest BCUT2D eigenvalue weighted by atomic mass is 10.1. The molecule has 0 radical (unpaired) electrons. The summed E-state index contributed by atoms with van der Waals surface area (Å²) in [6.07, 6.45) is 1.55. The Kier molecular flexibility index (Phi) is 7.10. The average molecular weight is 483 g/mol. The van der Waals surface area contributed by atoms with Crippen molar-refractivity contribution in [3.8, 4) is 5.75 Å². The molecule has 172 valence electrons. The molecule has 4 rings (SSSR count). The lowest BCUT2D eigenvalue weighted by Gasteiger charge is -2.18. The van der Waals surface area contributed by atoms with E-state index in [1.54, 1.807) is 6.07 Å². The summed E-state index contributed by atoms with van der Waals surface area (Å²) in [5.74, 6) is 2.04. The molecule has 0 aliphatic carbocycles. The van der Waals surface area contributed by atoms with E-state index in [4.69, 9.17) is 16.3 Å². The molecule has 0 amide bonds. The molecule has 0 N–H and O–H groups in total. The van der Waals surface area contributed by atoms with Crippen LogP contribution in [0.5, 0.6) is 5.75 Å². The highest BCUT2D eigenvalue weighted by atomic mass is 35.5. The summed E-state index contributed by atoms with van der Waals surface area (Å²) < 4.78 is 10.1. The fraction of sp³-hybridized carbons (Fsp3) is 0.320. The second-order valence-corrected chi connectivity index (χ2v) is 9.77. The van der Waals surface area contributed by atoms with Gasteiger partial charge in [-0.2, -0.15) is 0 Å². The molecule has 1 atom stereocenters. The highest BCUT2D eigenvalue weighted by Gasteiger charge is 2.22. The molecular formula is C25H27ClN4O2S. The zero-order valence-electron chi connectivity index (χ0n) is 19.2. The molecule has 8 heteroatoms. The van der Waals surface area contributed by atoms with Crippen LogP contribution in [0.2, 0.25) is 5.02 Å². The largest absolute Gasteiger partial charge is 0.481 e. The van der Waals surface area contributed by atoms with Gasteiger partial charge in [0.1, 0.15) is 5.75 Å². The molecule has 1 unspecified atom stereocenters. The third-order valence-electron chi connectivity index (χ3n) is 5.33. The van der Waals surface area contributed by atoms with Gasteiger partial charge in [-0.3, -0.25) is 4.79 Å². The number of hydrogen-bond donors (Lipinski definition) is 0. The monoisotopic (exact) mass is 482 g/mol. The van der Waals surface area contributed by atoms with Crippen LogP contribution < -0.4 is 4.74 Å². The number of ketones is 1. The Labute approximate surface area is 202 Å². The minimum atomic E-state index is -0.348. The maximum atomic E-state index is 13.1. The van der Waals surface area contributed by atoms with E-state index < -0.39 is 0 Å². The number of fused-ring (bicyclic) bond motifs is 1. The number of carbonyl (C=O) groups is 1. The zero-order chi connectivity index (χ0) is 23.5. The summed E-state index contributed by atoms with van der Waals surface area (Å²) in [7, 11) is 1.96. The summed E-state index contributed by atoms with van der Waals surface area (Å²) >= 11 is 7.67. The van der Waals surface area contributed by atoms with E-state index in [1.807, 2.05) is 71.8 Å². The van der Waals surface area contributed by atoms with Crippen molar-refractivity contribution in [2.45, 2.75) is 38.6 Å². The molecule has 0 spiro atoms. The molecule has 33 heavy (non-hydrogen) atoms. The van der Waals surface area contributed by atoms with Gasteiger partial charge in [0.05, 0.1) is 10.8 Å². The Morgan fingerprint density at radius 1 is 1.09 bits per heavy atom. The maximum Gasteiger partial charge on any atom is 0.191 e. The lowest BCUT2D eigenvalue weighted by Crippen LogP contribution is -2.15. The number of ether oxygens (including phenoxy) is 1. The van der Waals surface area contributed by atoms with Crippen molar-refractivity contribution in [3.63, 3.8) is 0 Å². The van der Waals surface area contributed by atoms with Crippen LogP contribution >= 0.6 is 23.4 Å². The van der Waals surface area contributed by atoms with Crippen LogP contribution in [0.15, 0.2) is 59.9 Å². The fourth-order valence-electron chi connectivity index (χ4n) is 3.80. The molecule has 0 bridgehead atoms. The first-order chi connectivity index (χ1) is 15.8. The molecule has 0 saturated heterocycles. The fourth-order valence-corrected chi connectivity index (χ4v) is 4.82. The number of para-hydroxylation sites is 2. The predicted octanol–water partition coefficient (Wildman–Crippen LogP) is 6.19. The van der Waals surface area contributed by atoms with Gasteiger partial charge in [0, 0.05) is 36.3 Å². The van der Waals surface area contributed by atoms with Gasteiger partial charge in [-0.05, 0) is 31.0 Å². The normalized spacial score (nSPS) is 12.4. The molecule has 6 nitrogen and oxygen atoms in total. The summed E-state index contributed by atoms with van der Waals surface area (Å²) in [4.78, 5) is 13.1. The number of benzene rings is 2. The van der Waals surface area contributed by atoms with Crippen LogP contribution in [0.1, 0.15) is 43.1 Å². The van der Waals surface area contributed by atoms with E-state index in [2.05, 4.69) is 24.0 Å². The first kappa shape index (κ1) is 23.4. The highest BCUT2D eigenvalue weighted by Crippen LogP contribution is 2.30. The number of thioether (sulfide) groups is 1. The van der Waals surface area contributed by atoms with Crippen molar-refractivity contribution >= 4 is 40.0 Å². The van der Waals surface area contributed by atoms with Crippen molar-refractivity contribution in [2.75, 3.05) is 5.75 Å². The van der Waals surface area contributed by atoms with Crippen LogP contribution in [0.4, 0.5) is 0 Å². The van der Waals surface area contributed by atoms with E-state index in [0.29, 0.717) is 27.7 Å². The second-order valence-electron chi connectivity index (χ2n) is 8.42. The first-order valence-corrected chi connectivity index (χ1v) is 12.3. The summed E-state index contributed by atoms with van der Waals surface area (Å²) in [6, 6.07) is 15.3. The van der Waals surface area contributed by atoms with Crippen molar-refractivity contribution in [3.05, 3.63) is 71.1 Å². The third-order valence-corrected chi connectivity index (χ3v) is 6.61. The predicted molar refractivity (Wildman–Crippen MR) is 133 cm³/mol. The van der Waals surface area contributed by atoms with Gasteiger partial charge in [-0.25, -0.2) is 0 Å². The van der Waals surface area contributed by atoms with Gasteiger partial charge in [0.25, 0.3) is 0 Å². The van der Waals surface area contributed by atoms with Crippen molar-refractivity contribution in [1.82, 2.24) is 19.3 Å². The van der Waals surface area contributed by atoms with E-state index >= 15 is 0 Å². The smallest absolute Gasteiger partial charge is 0.191 e. The molecule has 2 aromatic carbocycles. The number of carbonyl (C=O) groups excluding carboxylic acids is 1. The Hall–Kier alpha value is -2.77. The van der Waals surface area contributed by atoms with Crippen LogP contribution in [0, 0.1) is 5.92 Å². The van der Waals surface area contributed by atoms with Gasteiger partial charge >= 0.3 is 0 Å². The minimum absolute atomic E-state index is 0.0674. The lowest BCUT2D eigenvalue weighted by molar-refractivity contribution is 0.102. The van der Waals surface area contributed by atoms with Gasteiger partial charge in [0.15, 0.2) is 22.9 Å². The van der Waals surface area contributed by atoms with Crippen molar-refractivity contribution in [2.24, 2.45) is 13.0 Å². The second kappa shape index (κ2) is 10.0. The molecule has 0 aliphatic heterocycles. The number of aromatic nitrogens is 4. The van der Waals surface area contributed by atoms with Gasteiger partial charge in [-0.1, -0.05) is 67.5 Å². The van der Waals surface area contributed by atoms with Crippen LogP contribution in [-0.2, 0) is 13.6 Å². The number of Topliss-reactive ketones (excluding diaryl/α,β-unsaturated/α-hetero) is 1. The third kappa shape index (κ3) is 5.09. The Balaban J connectivity index is 1.54. The minimum Gasteiger partial charge on any atom is -0.481 e. The van der Waals surface area contributed by atoms with E-state index in [-0.39, 0.29) is 17.6 Å². The van der Waals surface area contributed by atoms with Gasteiger partial charge < -0.3 is 13.9 Å². The molecule has 4 aromatic rings. The van der Waals surface area contributed by atoms with Gasteiger partial charge in [0.2, 0.25) is 0 Å². The maximum absolute atomic E-state index is 13.1. The van der Waals surface area contributed by atoms with Crippen LogP contribution in [-0.4, -0.2) is 30.9 Å². The summed E-state index contributed by atoms with van der Waals surface area (Å²) in [5, 5.41) is 11.0. The zero-order valence-corrected chi connectivity index (χ0v) is 20.7. The molecule has 2 aromatic heterocycles. The van der Waals surface area contributed by atoms with Crippen molar-refractivity contribution in [1.29, 1.82) is 0 Å². The van der Waals surface area contributed by atoms with Crippen LogP contribution in [0.25, 0.3) is 10.9 Å². The quantitative estimate of drug-likeness (QED) is 0.210. The SMILES string of the molecule is CC(C)Cn1c(SCC(=O)c2cn(C)c3ccccc23)nnc1C(C)Oc1ccccc1Cl. The topological polar surface area (TPSA) is 61.9 Å². The molecule has 2 heterocycles. The molecular weight excluding hydrogens is 456 g/mol. The highest BCUT2D eigenvalue weighted by molar-refractivity contribution is 7.99. The number of rotatable bonds is 9. The number of hydrogen-bond acceptors (Lipinski definition) is 5. The Morgan fingerprint density at radius 2 is 1.82 bits per heavy atom. The summed E-state index contributed by atoms with van der Waals surface area (Å²) in [6.45, 7) is 6.93. The van der Waals surface area contributed by atoms with Gasteiger partial charge in [-0.15, -0.1) is 10.2 Å². The number of aryl methyl sites for hydroxylation is 1. The van der Waals surface area contributed by atoms with Crippen LogP contribution in [0.3, 0.4) is 0 Å². The van der Waals surface area contributed by atoms with E-state index in [1.165, 1.54) is 11.8 Å². The van der Waals surface area contributed by atoms with Crippen molar-refractivity contribution < 1.29 is 9.53 Å². The summed E-state index contributed by atoms with van der Waals surface area (Å²) in [5.41, 5.74) is 1.77.